The van der Waals surface area contributed by atoms with E-state index in [9.17, 15) is 9.59 Å². The molecule has 1 N–H and O–H groups in total. The first-order valence-electron chi connectivity index (χ1n) is 8.24. The van der Waals surface area contributed by atoms with Crippen molar-refractivity contribution in [1.29, 1.82) is 0 Å². The highest BCUT2D eigenvalue weighted by Crippen LogP contribution is 2.14. The molecule has 0 unspecified atom stereocenters. The second-order valence-corrected chi connectivity index (χ2v) is 8.71. The highest BCUT2D eigenvalue weighted by molar-refractivity contribution is 7.99. The molecule has 0 bridgehead atoms. The molecule has 6 heteroatoms. The molecule has 0 saturated carbocycles. The second kappa shape index (κ2) is 10.1. The quantitative estimate of drug-likeness (QED) is 0.528. The van der Waals surface area contributed by atoms with Crippen molar-refractivity contribution in [2.45, 2.75) is 85.0 Å². The average Bonchev–Trinajstić information content (AvgIpc) is 2.32. The molecule has 0 heterocycles. The number of ether oxygens (including phenoxy) is 2. The number of alkyl carbamates (subject to hydrolysis) is 1. The van der Waals surface area contributed by atoms with Gasteiger partial charge in [-0.2, -0.15) is 11.8 Å². The monoisotopic (exact) mass is 347 g/mol. The fourth-order valence-electron chi connectivity index (χ4n) is 1.62. The van der Waals surface area contributed by atoms with Crippen LogP contribution in [0.1, 0.15) is 67.7 Å². The highest BCUT2D eigenvalue weighted by Gasteiger charge is 2.28. The standard InChI is InChI=1S/C17H33NO4S/c1-8-9-11-23-12-10-13(14(19)21-16(2,3)4)18-15(20)22-17(5,6)7/h13H,8-12H2,1-7H3,(H,18,20)/t13-/m0/s1. The van der Waals surface area contributed by atoms with Gasteiger partial charge < -0.3 is 14.8 Å². The van der Waals surface area contributed by atoms with Gasteiger partial charge in [0.15, 0.2) is 0 Å². The molecule has 0 fully saturated rings. The maximum atomic E-state index is 12.3. The van der Waals surface area contributed by atoms with E-state index in [1.54, 1.807) is 32.5 Å². The first kappa shape index (κ1) is 22.1. The molecule has 23 heavy (non-hydrogen) atoms. The van der Waals surface area contributed by atoms with Crippen LogP contribution < -0.4 is 5.32 Å². The third-order valence-corrected chi connectivity index (χ3v) is 3.68. The molecule has 0 aromatic carbocycles. The summed E-state index contributed by atoms with van der Waals surface area (Å²) in [7, 11) is 0. The third kappa shape index (κ3) is 13.2. The van der Waals surface area contributed by atoms with Gasteiger partial charge in [-0.1, -0.05) is 13.3 Å². The third-order valence-electron chi connectivity index (χ3n) is 2.58. The number of thioether (sulfide) groups is 1. The summed E-state index contributed by atoms with van der Waals surface area (Å²) in [5, 5.41) is 2.64. The van der Waals surface area contributed by atoms with Crippen LogP contribution in [-0.2, 0) is 14.3 Å². The van der Waals surface area contributed by atoms with Crippen molar-refractivity contribution in [3.05, 3.63) is 0 Å². The van der Waals surface area contributed by atoms with Crippen molar-refractivity contribution in [3.63, 3.8) is 0 Å². The Labute approximate surface area is 145 Å². The number of carbonyl (C=O) groups excluding carboxylic acids is 2. The number of amides is 1. The van der Waals surface area contributed by atoms with Crippen LogP contribution in [0.2, 0.25) is 0 Å². The van der Waals surface area contributed by atoms with Gasteiger partial charge in [0, 0.05) is 0 Å². The van der Waals surface area contributed by atoms with E-state index in [2.05, 4.69) is 12.2 Å². The Morgan fingerprint density at radius 3 is 2.04 bits per heavy atom. The van der Waals surface area contributed by atoms with E-state index in [0.717, 1.165) is 24.3 Å². The molecule has 136 valence electrons. The summed E-state index contributed by atoms with van der Waals surface area (Å²) >= 11 is 1.78. The summed E-state index contributed by atoms with van der Waals surface area (Å²) < 4.78 is 10.6. The lowest BCUT2D eigenvalue weighted by atomic mass is 10.1. The van der Waals surface area contributed by atoms with Crippen molar-refractivity contribution >= 4 is 23.8 Å². The van der Waals surface area contributed by atoms with Crippen LogP contribution in [0, 0.1) is 0 Å². The topological polar surface area (TPSA) is 64.6 Å². The fraction of sp³-hybridized carbons (Fsp3) is 0.882. The maximum absolute atomic E-state index is 12.3. The van der Waals surface area contributed by atoms with E-state index in [1.165, 1.54) is 0 Å². The van der Waals surface area contributed by atoms with Gasteiger partial charge in [-0.15, -0.1) is 0 Å². The van der Waals surface area contributed by atoms with Crippen molar-refractivity contribution in [3.8, 4) is 0 Å². The Balaban J connectivity index is 4.60. The number of unbranched alkanes of at least 4 members (excludes halogenated alkanes) is 1. The molecule has 1 amide bonds. The Bertz CT molecular complexity index is 372. The summed E-state index contributed by atoms with van der Waals surface area (Å²) in [6, 6.07) is -0.682. The van der Waals surface area contributed by atoms with Crippen LogP contribution in [0.4, 0.5) is 4.79 Å². The minimum atomic E-state index is -0.682. The van der Waals surface area contributed by atoms with Crippen LogP contribution in [0.3, 0.4) is 0 Å². The molecule has 0 aliphatic carbocycles. The zero-order chi connectivity index (χ0) is 18.1. The van der Waals surface area contributed by atoms with Gasteiger partial charge in [0.25, 0.3) is 0 Å². The van der Waals surface area contributed by atoms with Crippen LogP contribution in [0.25, 0.3) is 0 Å². The number of hydrogen-bond donors (Lipinski definition) is 1. The van der Waals surface area contributed by atoms with E-state index in [4.69, 9.17) is 9.47 Å². The van der Waals surface area contributed by atoms with E-state index >= 15 is 0 Å². The maximum Gasteiger partial charge on any atom is 0.408 e. The molecule has 0 aromatic rings. The molecule has 0 spiro atoms. The zero-order valence-electron chi connectivity index (χ0n) is 15.7. The lowest BCUT2D eigenvalue weighted by Crippen LogP contribution is -2.46. The van der Waals surface area contributed by atoms with Crippen molar-refractivity contribution in [2.75, 3.05) is 11.5 Å². The summed E-state index contributed by atoms with van der Waals surface area (Å²) in [6.07, 6.45) is 2.24. The summed E-state index contributed by atoms with van der Waals surface area (Å²) in [5.74, 6) is 1.43. The van der Waals surface area contributed by atoms with Gasteiger partial charge in [-0.05, 0) is 65.9 Å². The van der Waals surface area contributed by atoms with E-state index in [-0.39, 0.29) is 0 Å². The first-order valence-corrected chi connectivity index (χ1v) is 9.40. The molecule has 0 aliphatic rings. The molecular formula is C17H33NO4S. The van der Waals surface area contributed by atoms with Gasteiger partial charge in [-0.3, -0.25) is 0 Å². The van der Waals surface area contributed by atoms with Crippen LogP contribution in [0.15, 0.2) is 0 Å². The van der Waals surface area contributed by atoms with Gasteiger partial charge in [0.05, 0.1) is 0 Å². The second-order valence-electron chi connectivity index (χ2n) is 7.49. The van der Waals surface area contributed by atoms with Crippen molar-refractivity contribution < 1.29 is 19.1 Å². The SMILES string of the molecule is CCCCSCC[C@H](NC(=O)OC(C)(C)C)C(=O)OC(C)(C)C. The molecule has 0 saturated heterocycles. The molecule has 0 radical (unpaired) electrons. The van der Waals surface area contributed by atoms with Crippen LogP contribution >= 0.6 is 11.8 Å². The predicted octanol–water partition coefficient (Wildman–Crippen LogP) is 4.14. The summed E-state index contributed by atoms with van der Waals surface area (Å²) in [6.45, 7) is 12.9. The molecule has 0 rings (SSSR count). The minimum absolute atomic E-state index is 0.417. The predicted molar refractivity (Wildman–Crippen MR) is 95.9 cm³/mol. The van der Waals surface area contributed by atoms with E-state index in [0.29, 0.717) is 6.42 Å². The Kier molecular flexibility index (Phi) is 9.66. The molecule has 0 aliphatic heterocycles. The van der Waals surface area contributed by atoms with Crippen LogP contribution in [0.5, 0.6) is 0 Å². The highest BCUT2D eigenvalue weighted by atomic mass is 32.2. The van der Waals surface area contributed by atoms with E-state index in [1.807, 2.05) is 20.8 Å². The Morgan fingerprint density at radius 1 is 1.00 bits per heavy atom. The number of esters is 1. The lowest BCUT2D eigenvalue weighted by molar-refractivity contribution is -0.157. The van der Waals surface area contributed by atoms with Crippen LogP contribution in [-0.4, -0.2) is 40.8 Å². The number of hydrogen-bond acceptors (Lipinski definition) is 5. The lowest BCUT2D eigenvalue weighted by Gasteiger charge is -2.26. The minimum Gasteiger partial charge on any atom is -0.458 e. The van der Waals surface area contributed by atoms with Crippen molar-refractivity contribution in [2.24, 2.45) is 0 Å². The number of rotatable bonds is 8. The Morgan fingerprint density at radius 2 is 1.57 bits per heavy atom. The van der Waals surface area contributed by atoms with Gasteiger partial charge in [0.1, 0.15) is 17.2 Å². The summed E-state index contributed by atoms with van der Waals surface area (Å²) in [5.41, 5.74) is -1.18. The fourth-order valence-corrected chi connectivity index (χ4v) is 2.72. The molecule has 0 aromatic heterocycles. The first-order chi connectivity index (χ1) is 10.4. The number of carbonyl (C=O) groups is 2. The largest absolute Gasteiger partial charge is 0.458 e. The Hall–Kier alpha value is -0.910. The van der Waals surface area contributed by atoms with E-state index < -0.39 is 29.3 Å². The molecular weight excluding hydrogens is 314 g/mol. The molecule has 5 nitrogen and oxygen atoms in total. The summed E-state index contributed by atoms with van der Waals surface area (Å²) in [4.78, 5) is 24.2. The van der Waals surface area contributed by atoms with Crippen molar-refractivity contribution in [1.82, 2.24) is 5.32 Å². The van der Waals surface area contributed by atoms with Gasteiger partial charge in [-0.25, -0.2) is 9.59 Å². The van der Waals surface area contributed by atoms with Gasteiger partial charge >= 0.3 is 12.1 Å². The number of nitrogens with one attached hydrogen (secondary N) is 1. The molecule has 1 atom stereocenters. The smallest absolute Gasteiger partial charge is 0.408 e. The average molecular weight is 348 g/mol. The van der Waals surface area contributed by atoms with Gasteiger partial charge in [0.2, 0.25) is 0 Å². The zero-order valence-corrected chi connectivity index (χ0v) is 16.5. The normalized spacial score (nSPS) is 13.3.